The zero-order chi connectivity index (χ0) is 19.1. The highest BCUT2D eigenvalue weighted by molar-refractivity contribution is 7.99. The normalized spacial score (nSPS) is 14.1. The van der Waals surface area contributed by atoms with Crippen LogP contribution in [0.15, 0.2) is 59.5 Å². The van der Waals surface area contributed by atoms with Gasteiger partial charge in [-0.05, 0) is 36.5 Å². The number of non-ortho nitro benzene ring substituents is 1. The van der Waals surface area contributed by atoms with E-state index in [9.17, 15) is 10.1 Å². The summed E-state index contributed by atoms with van der Waals surface area (Å²) >= 11 is 7.33. The number of hydrogen-bond donors (Lipinski definition) is 1. The first-order valence-corrected chi connectivity index (χ1v) is 10.2. The molecule has 1 fully saturated rings. The maximum Gasteiger partial charge on any atom is 0.269 e. The molecule has 1 aliphatic heterocycles. The van der Waals surface area contributed by atoms with E-state index in [1.807, 2.05) is 42.1 Å². The van der Waals surface area contributed by atoms with Crippen LogP contribution in [0.25, 0.3) is 0 Å². The van der Waals surface area contributed by atoms with Crippen LogP contribution in [0.3, 0.4) is 0 Å². The van der Waals surface area contributed by atoms with Crippen molar-refractivity contribution in [3.63, 3.8) is 0 Å². The lowest BCUT2D eigenvalue weighted by atomic mass is 10.2. The monoisotopic (exact) mass is 402 g/mol. The molecule has 1 N–H and O–H groups in total. The number of hydrogen-bond acceptors (Lipinski definition) is 5. The van der Waals surface area contributed by atoms with Gasteiger partial charge >= 0.3 is 0 Å². The first-order chi connectivity index (χ1) is 13.1. The Morgan fingerprint density at radius 2 is 1.74 bits per heavy atom. The van der Waals surface area contributed by atoms with E-state index >= 15 is 0 Å². The molecule has 0 aliphatic carbocycles. The zero-order valence-electron chi connectivity index (χ0n) is 14.9. The van der Waals surface area contributed by atoms with Crippen molar-refractivity contribution in [1.29, 1.82) is 0 Å². The summed E-state index contributed by atoms with van der Waals surface area (Å²) in [6.45, 7) is 4.21. The Hall–Kier alpha value is -2.32. The van der Waals surface area contributed by atoms with E-state index in [4.69, 9.17) is 12.2 Å². The van der Waals surface area contributed by atoms with Crippen LogP contribution in [0.1, 0.15) is 0 Å². The van der Waals surface area contributed by atoms with Crippen molar-refractivity contribution in [1.82, 2.24) is 10.2 Å². The lowest BCUT2D eigenvalue weighted by Crippen LogP contribution is -2.52. The molecule has 1 saturated heterocycles. The summed E-state index contributed by atoms with van der Waals surface area (Å²) in [5.41, 5.74) is 1.13. The molecule has 0 unspecified atom stereocenters. The Labute approximate surface area is 168 Å². The second-order valence-corrected chi connectivity index (χ2v) is 7.70. The lowest BCUT2D eigenvalue weighted by Gasteiger charge is -2.37. The van der Waals surface area contributed by atoms with Crippen molar-refractivity contribution in [2.24, 2.45) is 0 Å². The molecule has 3 rings (SSSR count). The molecule has 0 saturated carbocycles. The number of thiocarbonyl (C=S) groups is 1. The Kier molecular flexibility index (Phi) is 6.89. The van der Waals surface area contributed by atoms with Crippen LogP contribution in [0, 0.1) is 10.1 Å². The van der Waals surface area contributed by atoms with E-state index in [2.05, 4.69) is 27.2 Å². The number of rotatable bonds is 6. The highest BCUT2D eigenvalue weighted by Gasteiger charge is 2.19. The lowest BCUT2D eigenvalue weighted by molar-refractivity contribution is -0.384. The van der Waals surface area contributed by atoms with E-state index < -0.39 is 0 Å². The van der Waals surface area contributed by atoms with Crippen molar-refractivity contribution in [3.05, 3.63) is 64.7 Å². The van der Waals surface area contributed by atoms with E-state index in [-0.39, 0.29) is 10.6 Å². The van der Waals surface area contributed by atoms with Gasteiger partial charge in [0.2, 0.25) is 0 Å². The van der Waals surface area contributed by atoms with Crippen LogP contribution < -0.4 is 10.2 Å². The van der Waals surface area contributed by atoms with E-state index in [0.717, 1.165) is 49.3 Å². The van der Waals surface area contributed by atoms with Gasteiger partial charge in [-0.3, -0.25) is 10.1 Å². The van der Waals surface area contributed by atoms with Crippen LogP contribution in [0.4, 0.5) is 11.4 Å². The fourth-order valence-electron chi connectivity index (χ4n) is 2.91. The first kappa shape index (κ1) is 19.4. The predicted molar refractivity (Wildman–Crippen MR) is 115 cm³/mol. The minimum absolute atomic E-state index is 0.121. The van der Waals surface area contributed by atoms with E-state index in [1.54, 1.807) is 12.1 Å². The quantitative estimate of drug-likeness (QED) is 0.261. The van der Waals surface area contributed by atoms with Gasteiger partial charge in [0.15, 0.2) is 5.11 Å². The second kappa shape index (κ2) is 9.57. The predicted octanol–water partition coefficient (Wildman–Crippen LogP) is 3.38. The second-order valence-electron chi connectivity index (χ2n) is 6.14. The Bertz CT molecular complexity index is 763. The first-order valence-electron chi connectivity index (χ1n) is 8.83. The third kappa shape index (κ3) is 5.58. The summed E-state index contributed by atoms with van der Waals surface area (Å²) in [7, 11) is 0. The molecule has 0 radical (unpaired) electrons. The number of anilines is 1. The number of piperazine rings is 1. The molecular weight excluding hydrogens is 380 g/mol. The molecular formula is C19H22N4O2S2. The van der Waals surface area contributed by atoms with Crippen molar-refractivity contribution >= 4 is 40.5 Å². The Balaban J connectivity index is 1.39. The molecule has 0 aromatic heterocycles. The van der Waals surface area contributed by atoms with Gasteiger partial charge < -0.3 is 15.1 Å². The highest BCUT2D eigenvalue weighted by atomic mass is 32.2. The molecule has 2 aromatic rings. The molecule has 0 atom stereocenters. The van der Waals surface area contributed by atoms with Crippen LogP contribution >= 0.6 is 24.0 Å². The molecule has 6 nitrogen and oxygen atoms in total. The number of nitrogens with zero attached hydrogens (tertiary/aromatic N) is 3. The SMILES string of the molecule is O=[N+]([O-])c1ccc(N2CCN(C(=S)NCCSc3ccccc3)CC2)cc1. The van der Waals surface area contributed by atoms with Crippen molar-refractivity contribution in [3.8, 4) is 0 Å². The molecule has 1 heterocycles. The smallest absolute Gasteiger partial charge is 0.269 e. The average Bonchev–Trinajstić information content (AvgIpc) is 2.72. The largest absolute Gasteiger partial charge is 0.368 e. The molecule has 142 valence electrons. The van der Waals surface area contributed by atoms with Crippen molar-refractivity contribution < 1.29 is 4.92 Å². The van der Waals surface area contributed by atoms with Gasteiger partial charge in [0.1, 0.15) is 0 Å². The third-order valence-corrected chi connectivity index (χ3v) is 5.80. The molecule has 1 aliphatic rings. The zero-order valence-corrected chi connectivity index (χ0v) is 16.5. The molecule has 27 heavy (non-hydrogen) atoms. The third-order valence-electron chi connectivity index (χ3n) is 4.38. The summed E-state index contributed by atoms with van der Waals surface area (Å²) in [6, 6.07) is 17.1. The van der Waals surface area contributed by atoms with Crippen LogP contribution in [0.2, 0.25) is 0 Å². The maximum absolute atomic E-state index is 10.8. The molecule has 8 heteroatoms. The number of benzene rings is 2. The van der Waals surface area contributed by atoms with Gasteiger partial charge in [-0.2, -0.15) is 0 Å². The minimum atomic E-state index is -0.373. The van der Waals surface area contributed by atoms with Gasteiger partial charge in [0, 0.05) is 61.2 Å². The van der Waals surface area contributed by atoms with Crippen LogP contribution in [0.5, 0.6) is 0 Å². The summed E-state index contributed by atoms with van der Waals surface area (Å²) < 4.78 is 0. The van der Waals surface area contributed by atoms with Crippen molar-refractivity contribution in [2.45, 2.75) is 4.90 Å². The molecule has 0 bridgehead atoms. The fourth-order valence-corrected chi connectivity index (χ4v) is 3.98. The van der Waals surface area contributed by atoms with Crippen LogP contribution in [-0.4, -0.2) is 53.4 Å². The molecule has 2 aromatic carbocycles. The standard InChI is InChI=1S/C19H22N4O2S2/c24-23(25)17-8-6-16(7-9-17)21-11-13-22(14-12-21)19(26)20-10-15-27-18-4-2-1-3-5-18/h1-9H,10-15H2,(H,20,26). The molecule has 0 spiro atoms. The van der Waals surface area contributed by atoms with E-state index in [1.165, 1.54) is 4.90 Å². The summed E-state index contributed by atoms with van der Waals surface area (Å²) in [4.78, 5) is 16.1. The van der Waals surface area contributed by atoms with Crippen LogP contribution in [-0.2, 0) is 0 Å². The number of nitro groups is 1. The maximum atomic E-state index is 10.8. The molecule has 0 amide bonds. The topological polar surface area (TPSA) is 61.7 Å². The van der Waals surface area contributed by atoms with E-state index in [0.29, 0.717) is 0 Å². The Morgan fingerprint density at radius 1 is 1.07 bits per heavy atom. The minimum Gasteiger partial charge on any atom is -0.368 e. The Morgan fingerprint density at radius 3 is 2.37 bits per heavy atom. The average molecular weight is 403 g/mol. The fraction of sp³-hybridized carbons (Fsp3) is 0.316. The number of nitro benzene ring substituents is 1. The van der Waals surface area contributed by atoms with Gasteiger partial charge in [0.05, 0.1) is 4.92 Å². The van der Waals surface area contributed by atoms with Gasteiger partial charge in [-0.1, -0.05) is 18.2 Å². The summed E-state index contributed by atoms with van der Waals surface area (Å²) in [5.74, 6) is 0.965. The number of thioether (sulfide) groups is 1. The van der Waals surface area contributed by atoms with Crippen molar-refractivity contribution in [2.75, 3.05) is 43.4 Å². The van der Waals surface area contributed by atoms with Gasteiger partial charge in [-0.25, -0.2) is 0 Å². The highest BCUT2D eigenvalue weighted by Crippen LogP contribution is 2.20. The van der Waals surface area contributed by atoms with Gasteiger partial charge in [-0.15, -0.1) is 11.8 Å². The van der Waals surface area contributed by atoms with Gasteiger partial charge in [0.25, 0.3) is 5.69 Å². The summed E-state index contributed by atoms with van der Waals surface area (Å²) in [5, 5.41) is 14.9. The summed E-state index contributed by atoms with van der Waals surface area (Å²) in [6.07, 6.45) is 0. The number of nitrogens with one attached hydrogen (secondary N) is 1.